The second-order valence-corrected chi connectivity index (χ2v) is 6.74. The SMILES string of the molecule is C=CCOC(C)C(=O)OCC(=O)NCCCN1CCN(c2ccccc2)CC1. The summed E-state index contributed by atoms with van der Waals surface area (Å²) in [6.07, 6.45) is 1.71. The lowest BCUT2D eigenvalue weighted by atomic mass is 10.2. The van der Waals surface area contributed by atoms with Crippen molar-refractivity contribution in [2.75, 3.05) is 57.4 Å². The molecule has 1 aromatic carbocycles. The van der Waals surface area contributed by atoms with E-state index >= 15 is 0 Å². The van der Waals surface area contributed by atoms with Crippen molar-refractivity contribution < 1.29 is 19.1 Å². The van der Waals surface area contributed by atoms with Crippen molar-refractivity contribution in [2.45, 2.75) is 19.4 Å². The van der Waals surface area contributed by atoms with E-state index in [4.69, 9.17) is 9.47 Å². The Morgan fingerprint density at radius 2 is 1.93 bits per heavy atom. The van der Waals surface area contributed by atoms with E-state index in [1.54, 1.807) is 13.0 Å². The Kier molecular flexibility index (Phi) is 9.51. The number of ether oxygens (including phenoxy) is 2. The van der Waals surface area contributed by atoms with Gasteiger partial charge in [0, 0.05) is 38.4 Å². The molecule has 1 saturated heterocycles. The highest BCUT2D eigenvalue weighted by Gasteiger charge is 2.17. The lowest BCUT2D eigenvalue weighted by Gasteiger charge is -2.36. The molecule has 1 heterocycles. The average molecular weight is 389 g/mol. The summed E-state index contributed by atoms with van der Waals surface area (Å²) in [5.74, 6) is -0.841. The van der Waals surface area contributed by atoms with Gasteiger partial charge in [0.1, 0.15) is 0 Å². The average Bonchev–Trinajstić information content (AvgIpc) is 2.74. The van der Waals surface area contributed by atoms with Gasteiger partial charge >= 0.3 is 5.97 Å². The Morgan fingerprint density at radius 3 is 2.61 bits per heavy atom. The Bertz CT molecular complexity index is 615. The molecule has 154 valence electrons. The van der Waals surface area contributed by atoms with Gasteiger partial charge in [-0.3, -0.25) is 9.69 Å². The summed E-state index contributed by atoms with van der Waals surface area (Å²) in [6, 6.07) is 10.5. The van der Waals surface area contributed by atoms with Gasteiger partial charge in [-0.25, -0.2) is 4.79 Å². The van der Waals surface area contributed by atoms with Crippen molar-refractivity contribution in [1.82, 2.24) is 10.2 Å². The van der Waals surface area contributed by atoms with E-state index in [1.807, 2.05) is 6.07 Å². The lowest BCUT2D eigenvalue weighted by molar-refractivity contribution is -0.158. The molecule has 1 unspecified atom stereocenters. The zero-order valence-corrected chi connectivity index (χ0v) is 16.6. The maximum absolute atomic E-state index is 11.8. The number of carbonyl (C=O) groups excluding carboxylic acids is 2. The number of esters is 1. The number of nitrogens with zero attached hydrogens (tertiary/aromatic N) is 2. The fourth-order valence-electron chi connectivity index (χ4n) is 2.98. The van der Waals surface area contributed by atoms with Crippen LogP contribution >= 0.6 is 0 Å². The predicted molar refractivity (Wildman–Crippen MR) is 109 cm³/mol. The first-order valence-corrected chi connectivity index (χ1v) is 9.78. The molecule has 0 saturated carbocycles. The molecule has 7 heteroatoms. The van der Waals surface area contributed by atoms with E-state index in [9.17, 15) is 9.59 Å². The van der Waals surface area contributed by atoms with Crippen molar-refractivity contribution in [3.63, 3.8) is 0 Å². The van der Waals surface area contributed by atoms with Gasteiger partial charge in [-0.2, -0.15) is 0 Å². The van der Waals surface area contributed by atoms with Gasteiger partial charge in [0.2, 0.25) is 0 Å². The van der Waals surface area contributed by atoms with Gasteiger partial charge in [0.25, 0.3) is 5.91 Å². The molecule has 1 fully saturated rings. The molecular weight excluding hydrogens is 358 g/mol. The molecule has 0 aromatic heterocycles. The first-order valence-electron chi connectivity index (χ1n) is 9.78. The molecule has 1 N–H and O–H groups in total. The standard InChI is InChI=1S/C21H31N3O4/c1-3-16-27-18(2)21(26)28-17-20(25)22-10-7-11-23-12-14-24(15-13-23)19-8-5-4-6-9-19/h3-6,8-9,18H,1,7,10-17H2,2H3,(H,22,25). The van der Waals surface area contributed by atoms with E-state index < -0.39 is 12.1 Å². The van der Waals surface area contributed by atoms with Gasteiger partial charge in [-0.05, 0) is 32.0 Å². The van der Waals surface area contributed by atoms with Crippen LogP contribution in [-0.2, 0) is 19.1 Å². The number of piperazine rings is 1. The van der Waals surface area contributed by atoms with Crippen molar-refractivity contribution in [3.05, 3.63) is 43.0 Å². The molecule has 1 atom stereocenters. The normalized spacial score (nSPS) is 15.7. The fourth-order valence-corrected chi connectivity index (χ4v) is 2.98. The quantitative estimate of drug-likeness (QED) is 0.351. The third-order valence-corrected chi connectivity index (χ3v) is 4.61. The fraction of sp³-hybridized carbons (Fsp3) is 0.524. The number of para-hydroxylation sites is 1. The Balaban J connectivity index is 1.53. The number of rotatable bonds is 11. The summed E-state index contributed by atoms with van der Waals surface area (Å²) < 4.78 is 10.1. The Labute approximate surface area is 167 Å². The molecule has 0 radical (unpaired) electrons. The van der Waals surface area contributed by atoms with Crippen molar-refractivity contribution >= 4 is 17.6 Å². The maximum Gasteiger partial charge on any atom is 0.335 e. The number of carbonyl (C=O) groups is 2. The van der Waals surface area contributed by atoms with E-state index in [0.29, 0.717) is 6.54 Å². The minimum absolute atomic E-state index is 0.266. The van der Waals surface area contributed by atoms with Crippen LogP contribution in [0, 0.1) is 0 Å². The monoisotopic (exact) mass is 389 g/mol. The van der Waals surface area contributed by atoms with Crippen LogP contribution in [0.3, 0.4) is 0 Å². The molecule has 7 nitrogen and oxygen atoms in total. The van der Waals surface area contributed by atoms with Crippen molar-refractivity contribution in [1.29, 1.82) is 0 Å². The van der Waals surface area contributed by atoms with Crippen LogP contribution in [0.25, 0.3) is 0 Å². The maximum atomic E-state index is 11.8. The highest BCUT2D eigenvalue weighted by molar-refractivity contribution is 5.81. The number of amides is 1. The van der Waals surface area contributed by atoms with Crippen LogP contribution in [0.1, 0.15) is 13.3 Å². The molecule has 0 aliphatic carbocycles. The molecule has 2 rings (SSSR count). The van der Waals surface area contributed by atoms with E-state index in [1.165, 1.54) is 5.69 Å². The Hall–Kier alpha value is -2.38. The third-order valence-electron chi connectivity index (χ3n) is 4.61. The number of anilines is 1. The van der Waals surface area contributed by atoms with Crippen LogP contribution in [-0.4, -0.2) is 75.4 Å². The highest BCUT2D eigenvalue weighted by Crippen LogP contribution is 2.15. The topological polar surface area (TPSA) is 71.1 Å². The number of hydrogen-bond acceptors (Lipinski definition) is 6. The molecule has 28 heavy (non-hydrogen) atoms. The first-order chi connectivity index (χ1) is 13.6. The highest BCUT2D eigenvalue weighted by atomic mass is 16.6. The predicted octanol–water partition coefficient (Wildman–Crippen LogP) is 1.45. The van der Waals surface area contributed by atoms with Gasteiger partial charge < -0.3 is 19.7 Å². The largest absolute Gasteiger partial charge is 0.454 e. The van der Waals surface area contributed by atoms with Crippen molar-refractivity contribution in [2.24, 2.45) is 0 Å². The summed E-state index contributed by atoms with van der Waals surface area (Å²) in [7, 11) is 0. The second kappa shape index (κ2) is 12.2. The van der Waals surface area contributed by atoms with Crippen molar-refractivity contribution in [3.8, 4) is 0 Å². The third kappa shape index (κ3) is 7.70. The molecule has 1 aliphatic heterocycles. The molecular formula is C21H31N3O4. The zero-order valence-electron chi connectivity index (χ0n) is 16.6. The minimum Gasteiger partial charge on any atom is -0.454 e. The molecule has 1 aromatic rings. The number of nitrogens with one attached hydrogen (secondary N) is 1. The van der Waals surface area contributed by atoms with Gasteiger partial charge in [0.05, 0.1) is 6.61 Å². The number of hydrogen-bond donors (Lipinski definition) is 1. The summed E-state index contributed by atoms with van der Waals surface area (Å²) in [4.78, 5) is 28.2. The Morgan fingerprint density at radius 1 is 1.21 bits per heavy atom. The van der Waals surface area contributed by atoms with Gasteiger partial charge in [0.15, 0.2) is 12.7 Å². The van der Waals surface area contributed by atoms with E-state index in [-0.39, 0.29) is 19.1 Å². The number of benzene rings is 1. The van der Waals surface area contributed by atoms with E-state index in [2.05, 4.69) is 46.0 Å². The van der Waals surface area contributed by atoms with Crippen LogP contribution in [0.4, 0.5) is 5.69 Å². The molecule has 0 spiro atoms. The zero-order chi connectivity index (χ0) is 20.2. The van der Waals surface area contributed by atoms with Crippen LogP contribution in [0.15, 0.2) is 43.0 Å². The van der Waals surface area contributed by atoms with Crippen LogP contribution in [0.5, 0.6) is 0 Å². The summed E-state index contributed by atoms with van der Waals surface area (Å²) >= 11 is 0. The lowest BCUT2D eigenvalue weighted by Crippen LogP contribution is -2.47. The van der Waals surface area contributed by atoms with Gasteiger partial charge in [-0.1, -0.05) is 24.3 Å². The molecule has 0 bridgehead atoms. The van der Waals surface area contributed by atoms with Crippen LogP contribution < -0.4 is 10.2 Å². The van der Waals surface area contributed by atoms with E-state index in [0.717, 1.165) is 39.1 Å². The molecule has 1 aliphatic rings. The smallest absolute Gasteiger partial charge is 0.335 e. The summed E-state index contributed by atoms with van der Waals surface area (Å²) in [5, 5.41) is 2.78. The first kappa shape index (κ1) is 21.9. The minimum atomic E-state index is -0.708. The second-order valence-electron chi connectivity index (χ2n) is 6.74. The summed E-state index contributed by atoms with van der Waals surface area (Å²) in [5.41, 5.74) is 1.27. The summed E-state index contributed by atoms with van der Waals surface area (Å²) in [6.45, 7) is 10.6. The van der Waals surface area contributed by atoms with Gasteiger partial charge in [-0.15, -0.1) is 6.58 Å². The van der Waals surface area contributed by atoms with Crippen LogP contribution in [0.2, 0.25) is 0 Å². The molecule has 1 amide bonds.